The topological polar surface area (TPSA) is 59.0 Å². The second-order valence-electron chi connectivity index (χ2n) is 8.05. The molecule has 0 N–H and O–H groups in total. The van der Waals surface area contributed by atoms with E-state index in [1.807, 2.05) is 30.0 Å². The van der Waals surface area contributed by atoms with Gasteiger partial charge in [0, 0.05) is 41.8 Å². The van der Waals surface area contributed by atoms with Crippen molar-refractivity contribution >= 4 is 16.8 Å². The Hall–Kier alpha value is -2.82. The summed E-state index contributed by atoms with van der Waals surface area (Å²) in [5.74, 6) is 1.17. The zero-order chi connectivity index (χ0) is 19.8. The number of aromatic nitrogens is 3. The average molecular weight is 374 g/mol. The quantitative estimate of drug-likeness (QED) is 0.664. The van der Waals surface area contributed by atoms with Crippen molar-refractivity contribution in [2.45, 2.75) is 52.5 Å². The van der Waals surface area contributed by atoms with Gasteiger partial charge in [-0.3, -0.25) is 4.79 Å². The lowest BCUT2D eigenvalue weighted by atomic mass is 10.0. The molecule has 144 valence electrons. The van der Waals surface area contributed by atoms with Crippen LogP contribution in [0.2, 0.25) is 0 Å². The fraction of sp³-hybridized carbons (Fsp3) is 0.391. The molecule has 3 aromatic rings. The normalized spacial score (nSPS) is 16.9. The number of aryl methyl sites for hydroxylation is 1. The largest absolute Gasteiger partial charge is 0.336 e. The number of hydrogen-bond acceptors (Lipinski definition) is 4. The minimum atomic E-state index is 0.0870. The lowest BCUT2D eigenvalue weighted by molar-refractivity contribution is 0.0749. The Morgan fingerprint density at radius 2 is 1.93 bits per heavy atom. The van der Waals surface area contributed by atoms with Gasteiger partial charge in [-0.15, -0.1) is 0 Å². The number of rotatable bonds is 3. The molecule has 0 unspecified atom stereocenters. The SMILES string of the molecule is Cc1ccc2nc(-c3cnc(C(C)C)nc3)cc(C(=O)N3CCC[C@@H]3C)c2c1. The van der Waals surface area contributed by atoms with Gasteiger partial charge in [0.15, 0.2) is 0 Å². The highest BCUT2D eigenvalue weighted by molar-refractivity contribution is 6.07. The zero-order valence-electron chi connectivity index (χ0n) is 16.9. The van der Waals surface area contributed by atoms with E-state index in [0.717, 1.165) is 52.9 Å². The minimum Gasteiger partial charge on any atom is -0.336 e. The number of nitrogens with zero attached hydrogens (tertiary/aromatic N) is 4. The summed E-state index contributed by atoms with van der Waals surface area (Å²) >= 11 is 0. The molecule has 1 atom stereocenters. The van der Waals surface area contributed by atoms with Crippen LogP contribution in [0.4, 0.5) is 0 Å². The van der Waals surface area contributed by atoms with Crippen LogP contribution in [-0.2, 0) is 0 Å². The summed E-state index contributed by atoms with van der Waals surface area (Å²) in [4.78, 5) is 29.1. The van der Waals surface area contributed by atoms with Crippen molar-refractivity contribution in [3.63, 3.8) is 0 Å². The molecule has 0 aliphatic carbocycles. The molecule has 1 fully saturated rings. The van der Waals surface area contributed by atoms with Gasteiger partial charge >= 0.3 is 0 Å². The Kier molecular flexibility index (Phi) is 4.84. The molecule has 0 radical (unpaired) electrons. The minimum absolute atomic E-state index is 0.0870. The fourth-order valence-electron chi connectivity index (χ4n) is 3.82. The molecule has 1 saturated heterocycles. The van der Waals surface area contributed by atoms with E-state index in [-0.39, 0.29) is 17.9 Å². The van der Waals surface area contributed by atoms with Crippen LogP contribution >= 0.6 is 0 Å². The van der Waals surface area contributed by atoms with E-state index in [2.05, 4.69) is 36.8 Å². The molecular weight excluding hydrogens is 348 g/mol. The smallest absolute Gasteiger partial charge is 0.254 e. The van der Waals surface area contributed by atoms with Gasteiger partial charge in [0.1, 0.15) is 5.82 Å². The Morgan fingerprint density at radius 3 is 2.57 bits per heavy atom. The van der Waals surface area contributed by atoms with Crippen molar-refractivity contribution in [3.05, 3.63) is 53.6 Å². The number of fused-ring (bicyclic) bond motifs is 1. The Labute approximate surface area is 165 Å². The fourth-order valence-corrected chi connectivity index (χ4v) is 3.82. The first-order valence-electron chi connectivity index (χ1n) is 9.98. The molecule has 3 heterocycles. The number of amides is 1. The molecule has 5 nitrogen and oxygen atoms in total. The summed E-state index contributed by atoms with van der Waals surface area (Å²) in [6, 6.07) is 8.25. The summed E-state index contributed by atoms with van der Waals surface area (Å²) in [5, 5.41) is 0.910. The first-order valence-corrected chi connectivity index (χ1v) is 9.98. The predicted molar refractivity (Wildman–Crippen MR) is 111 cm³/mol. The van der Waals surface area contributed by atoms with Crippen LogP contribution in [0, 0.1) is 6.92 Å². The third-order valence-electron chi connectivity index (χ3n) is 5.49. The standard InChI is InChI=1S/C23H26N4O/c1-14(2)22-24-12-17(13-25-22)21-11-19(23(28)27-9-5-6-16(27)4)18-10-15(3)7-8-20(18)26-21/h7-8,10-14,16H,5-6,9H2,1-4H3/t16-/m0/s1. The van der Waals surface area contributed by atoms with Gasteiger partial charge in [-0.05, 0) is 44.9 Å². The van der Waals surface area contributed by atoms with E-state index < -0.39 is 0 Å². The second-order valence-corrected chi connectivity index (χ2v) is 8.05. The van der Waals surface area contributed by atoms with Gasteiger partial charge in [-0.25, -0.2) is 15.0 Å². The van der Waals surface area contributed by atoms with Gasteiger partial charge in [-0.2, -0.15) is 0 Å². The van der Waals surface area contributed by atoms with E-state index in [9.17, 15) is 4.79 Å². The van der Waals surface area contributed by atoms with Gasteiger partial charge in [0.05, 0.1) is 16.8 Å². The molecule has 1 aliphatic heterocycles. The molecule has 1 aromatic carbocycles. The van der Waals surface area contributed by atoms with Gasteiger partial charge < -0.3 is 4.90 Å². The average Bonchev–Trinajstić information content (AvgIpc) is 3.12. The number of hydrogen-bond donors (Lipinski definition) is 0. The van der Waals surface area contributed by atoms with E-state index in [4.69, 9.17) is 4.98 Å². The van der Waals surface area contributed by atoms with Crippen LogP contribution < -0.4 is 0 Å². The third kappa shape index (κ3) is 3.37. The van der Waals surface area contributed by atoms with Crippen molar-refractivity contribution in [2.75, 3.05) is 6.54 Å². The molecule has 1 aliphatic rings. The lowest BCUT2D eigenvalue weighted by Crippen LogP contribution is -2.33. The highest BCUT2D eigenvalue weighted by Crippen LogP contribution is 2.28. The van der Waals surface area contributed by atoms with E-state index in [1.165, 1.54) is 0 Å². The summed E-state index contributed by atoms with van der Waals surface area (Å²) in [6.45, 7) is 9.12. The van der Waals surface area contributed by atoms with Crippen molar-refractivity contribution in [2.24, 2.45) is 0 Å². The van der Waals surface area contributed by atoms with Crippen LogP contribution in [0.25, 0.3) is 22.2 Å². The molecule has 1 amide bonds. The molecule has 5 heteroatoms. The zero-order valence-corrected chi connectivity index (χ0v) is 16.9. The number of likely N-dealkylation sites (tertiary alicyclic amines) is 1. The molecular formula is C23H26N4O. The van der Waals surface area contributed by atoms with E-state index in [0.29, 0.717) is 5.56 Å². The summed E-state index contributed by atoms with van der Waals surface area (Å²) in [5.41, 5.74) is 4.23. The van der Waals surface area contributed by atoms with Crippen molar-refractivity contribution in [1.29, 1.82) is 0 Å². The van der Waals surface area contributed by atoms with Crippen LogP contribution in [-0.4, -0.2) is 38.3 Å². The molecule has 4 rings (SSSR count). The van der Waals surface area contributed by atoms with Gasteiger partial charge in [0.25, 0.3) is 5.91 Å². The van der Waals surface area contributed by atoms with Crippen molar-refractivity contribution < 1.29 is 4.79 Å². The van der Waals surface area contributed by atoms with Crippen molar-refractivity contribution in [3.8, 4) is 11.3 Å². The van der Waals surface area contributed by atoms with Crippen LogP contribution in [0.3, 0.4) is 0 Å². The summed E-state index contributed by atoms with van der Waals surface area (Å²) in [6.07, 6.45) is 5.73. The summed E-state index contributed by atoms with van der Waals surface area (Å²) in [7, 11) is 0. The van der Waals surface area contributed by atoms with E-state index in [1.54, 1.807) is 12.4 Å². The lowest BCUT2D eigenvalue weighted by Gasteiger charge is -2.22. The first kappa shape index (κ1) is 18.5. The Balaban J connectivity index is 1.85. The van der Waals surface area contributed by atoms with Crippen LogP contribution in [0.15, 0.2) is 36.7 Å². The Bertz CT molecular complexity index is 1030. The molecule has 28 heavy (non-hydrogen) atoms. The number of pyridine rings is 1. The maximum absolute atomic E-state index is 13.4. The van der Waals surface area contributed by atoms with Crippen molar-refractivity contribution in [1.82, 2.24) is 19.9 Å². The number of benzene rings is 1. The highest BCUT2D eigenvalue weighted by Gasteiger charge is 2.27. The Morgan fingerprint density at radius 1 is 1.18 bits per heavy atom. The van der Waals surface area contributed by atoms with Gasteiger partial charge in [-0.1, -0.05) is 25.5 Å². The summed E-state index contributed by atoms with van der Waals surface area (Å²) < 4.78 is 0. The maximum Gasteiger partial charge on any atom is 0.254 e. The van der Waals surface area contributed by atoms with Gasteiger partial charge in [0.2, 0.25) is 0 Å². The second kappa shape index (κ2) is 7.30. The monoisotopic (exact) mass is 374 g/mol. The highest BCUT2D eigenvalue weighted by atomic mass is 16.2. The molecule has 0 saturated carbocycles. The van der Waals surface area contributed by atoms with E-state index >= 15 is 0 Å². The number of carbonyl (C=O) groups is 1. The predicted octanol–water partition coefficient (Wildman–Crippen LogP) is 4.75. The maximum atomic E-state index is 13.4. The number of carbonyl (C=O) groups excluding carboxylic acids is 1. The third-order valence-corrected chi connectivity index (χ3v) is 5.49. The molecule has 0 spiro atoms. The first-order chi connectivity index (χ1) is 13.4. The van der Waals surface area contributed by atoms with Crippen LogP contribution in [0.1, 0.15) is 61.3 Å². The van der Waals surface area contributed by atoms with Crippen LogP contribution in [0.5, 0.6) is 0 Å². The molecule has 0 bridgehead atoms. The molecule has 2 aromatic heterocycles.